The fraction of sp³-hybridized carbons (Fsp3) is 0.312. The van der Waals surface area contributed by atoms with Crippen molar-refractivity contribution in [2.45, 2.75) is 31.8 Å². The molecule has 0 saturated carbocycles. The highest BCUT2D eigenvalue weighted by atomic mass is 14.9. The Balaban J connectivity index is 1.71. The molecule has 2 aromatic rings. The van der Waals surface area contributed by atoms with Crippen molar-refractivity contribution in [3.63, 3.8) is 0 Å². The molecule has 0 aliphatic heterocycles. The Kier molecular flexibility index (Phi) is 3.37. The Bertz CT molecular complexity index is 508. The topological polar surface area (TPSA) is 24.9 Å². The number of rotatable bonds is 3. The predicted octanol–water partition coefficient (Wildman–Crippen LogP) is 3.25. The van der Waals surface area contributed by atoms with E-state index in [0.29, 0.717) is 6.04 Å². The summed E-state index contributed by atoms with van der Waals surface area (Å²) >= 11 is 0. The highest BCUT2D eigenvalue weighted by Gasteiger charge is 2.20. The molecule has 1 atom stereocenters. The number of aryl methyl sites for hydroxylation is 1. The van der Waals surface area contributed by atoms with E-state index in [9.17, 15) is 0 Å². The van der Waals surface area contributed by atoms with Crippen LogP contribution in [0.15, 0.2) is 48.7 Å². The quantitative estimate of drug-likeness (QED) is 0.888. The maximum absolute atomic E-state index is 4.55. The number of fused-ring (bicyclic) bond motifs is 1. The van der Waals surface area contributed by atoms with Gasteiger partial charge in [0.25, 0.3) is 0 Å². The molecule has 0 bridgehead atoms. The van der Waals surface area contributed by atoms with Gasteiger partial charge in [-0.25, -0.2) is 0 Å². The molecule has 0 fully saturated rings. The molecule has 0 saturated heterocycles. The van der Waals surface area contributed by atoms with Gasteiger partial charge in [-0.1, -0.05) is 36.4 Å². The normalized spacial score (nSPS) is 18.3. The summed E-state index contributed by atoms with van der Waals surface area (Å²) < 4.78 is 0. The van der Waals surface area contributed by atoms with E-state index in [-0.39, 0.29) is 0 Å². The van der Waals surface area contributed by atoms with Gasteiger partial charge in [0.05, 0.1) is 11.7 Å². The average Bonchev–Trinajstić information content (AvgIpc) is 2.46. The third-order valence-electron chi connectivity index (χ3n) is 3.59. The van der Waals surface area contributed by atoms with Gasteiger partial charge in [0.2, 0.25) is 0 Å². The molecule has 2 nitrogen and oxygen atoms in total. The first kappa shape index (κ1) is 11.4. The van der Waals surface area contributed by atoms with E-state index in [4.69, 9.17) is 0 Å². The number of nitrogens with one attached hydrogen (secondary N) is 1. The lowest BCUT2D eigenvalue weighted by atomic mass is 9.92. The molecular weight excluding hydrogens is 220 g/mol. The standard InChI is InChI=1S/C16H18N2/c1-2-6-13(7-3-1)12-18-15-10-4-8-14-9-5-11-17-16(14)15/h1-3,5-7,9,11,15,18H,4,8,10,12H2/t15-/m0/s1. The Morgan fingerprint density at radius 1 is 1.11 bits per heavy atom. The molecule has 3 rings (SSSR count). The monoisotopic (exact) mass is 238 g/mol. The molecule has 2 heteroatoms. The smallest absolute Gasteiger partial charge is 0.0605 e. The van der Waals surface area contributed by atoms with Crippen molar-refractivity contribution >= 4 is 0 Å². The lowest BCUT2D eigenvalue weighted by molar-refractivity contribution is 0.447. The number of nitrogens with zero attached hydrogens (tertiary/aromatic N) is 1. The second-order valence-electron chi connectivity index (χ2n) is 4.86. The first-order valence-corrected chi connectivity index (χ1v) is 6.64. The first-order valence-electron chi connectivity index (χ1n) is 6.64. The van der Waals surface area contributed by atoms with Crippen LogP contribution in [0.5, 0.6) is 0 Å². The van der Waals surface area contributed by atoms with Crippen molar-refractivity contribution in [3.05, 3.63) is 65.5 Å². The third kappa shape index (κ3) is 2.44. The summed E-state index contributed by atoms with van der Waals surface area (Å²) in [7, 11) is 0. The van der Waals surface area contributed by atoms with E-state index < -0.39 is 0 Å². The van der Waals surface area contributed by atoms with E-state index in [2.05, 4.69) is 46.7 Å². The second kappa shape index (κ2) is 5.32. The van der Waals surface area contributed by atoms with Crippen LogP contribution in [0.25, 0.3) is 0 Å². The van der Waals surface area contributed by atoms with Gasteiger partial charge < -0.3 is 5.32 Å². The van der Waals surface area contributed by atoms with Gasteiger partial charge in [-0.3, -0.25) is 4.98 Å². The van der Waals surface area contributed by atoms with Gasteiger partial charge >= 0.3 is 0 Å². The molecule has 1 heterocycles. The largest absolute Gasteiger partial charge is 0.305 e. The molecule has 1 aromatic heterocycles. The highest BCUT2D eigenvalue weighted by molar-refractivity contribution is 5.25. The number of aromatic nitrogens is 1. The fourth-order valence-electron chi connectivity index (χ4n) is 2.64. The maximum Gasteiger partial charge on any atom is 0.0605 e. The lowest BCUT2D eigenvalue weighted by Crippen LogP contribution is -2.25. The minimum atomic E-state index is 0.412. The maximum atomic E-state index is 4.55. The zero-order chi connectivity index (χ0) is 12.2. The van der Waals surface area contributed by atoms with Gasteiger partial charge in [-0.2, -0.15) is 0 Å². The summed E-state index contributed by atoms with van der Waals surface area (Å²) in [6, 6.07) is 15.2. The zero-order valence-electron chi connectivity index (χ0n) is 10.5. The van der Waals surface area contributed by atoms with Crippen molar-refractivity contribution < 1.29 is 0 Å². The summed E-state index contributed by atoms with van der Waals surface area (Å²) in [5.41, 5.74) is 3.99. The van der Waals surface area contributed by atoms with E-state index >= 15 is 0 Å². The van der Waals surface area contributed by atoms with Gasteiger partial charge in [0.15, 0.2) is 0 Å². The molecule has 0 unspecified atom stereocenters. The van der Waals surface area contributed by atoms with Gasteiger partial charge in [0, 0.05) is 12.7 Å². The van der Waals surface area contributed by atoms with Crippen LogP contribution in [0.1, 0.15) is 35.7 Å². The lowest BCUT2D eigenvalue weighted by Gasteiger charge is -2.25. The van der Waals surface area contributed by atoms with Crippen LogP contribution in [0.3, 0.4) is 0 Å². The third-order valence-corrected chi connectivity index (χ3v) is 3.59. The molecule has 1 aliphatic rings. The van der Waals surface area contributed by atoms with E-state index in [0.717, 1.165) is 6.54 Å². The minimum Gasteiger partial charge on any atom is -0.305 e. The summed E-state index contributed by atoms with van der Waals surface area (Å²) in [6.45, 7) is 0.918. The molecule has 92 valence electrons. The van der Waals surface area contributed by atoms with Gasteiger partial charge in [-0.15, -0.1) is 0 Å². The molecule has 1 N–H and O–H groups in total. The van der Waals surface area contributed by atoms with Crippen LogP contribution in [0.2, 0.25) is 0 Å². The molecule has 18 heavy (non-hydrogen) atoms. The molecule has 1 aromatic carbocycles. The summed E-state index contributed by atoms with van der Waals surface area (Å²) in [6.07, 6.45) is 5.52. The molecule has 0 radical (unpaired) electrons. The molecule has 0 spiro atoms. The fourth-order valence-corrected chi connectivity index (χ4v) is 2.64. The summed E-state index contributed by atoms with van der Waals surface area (Å²) in [5, 5.41) is 3.63. The Hall–Kier alpha value is -1.67. The SMILES string of the molecule is c1ccc(CN[C@H]2CCCc3cccnc32)cc1. The first-order chi connectivity index (χ1) is 8.93. The molecular formula is C16H18N2. The molecule has 1 aliphatic carbocycles. The van der Waals surface area contributed by atoms with Crippen LogP contribution in [0, 0.1) is 0 Å². The second-order valence-corrected chi connectivity index (χ2v) is 4.86. The van der Waals surface area contributed by atoms with Crippen molar-refractivity contribution in [3.8, 4) is 0 Å². The number of pyridine rings is 1. The highest BCUT2D eigenvalue weighted by Crippen LogP contribution is 2.27. The van der Waals surface area contributed by atoms with Crippen molar-refractivity contribution in [2.75, 3.05) is 0 Å². The van der Waals surface area contributed by atoms with Crippen LogP contribution in [-0.2, 0) is 13.0 Å². The van der Waals surface area contributed by atoms with E-state index in [1.165, 1.54) is 36.1 Å². The van der Waals surface area contributed by atoms with Crippen LogP contribution >= 0.6 is 0 Å². The summed E-state index contributed by atoms with van der Waals surface area (Å²) in [5.74, 6) is 0. The van der Waals surface area contributed by atoms with Crippen LogP contribution < -0.4 is 5.32 Å². The van der Waals surface area contributed by atoms with E-state index in [1.54, 1.807) is 0 Å². The molecule has 0 amide bonds. The minimum absolute atomic E-state index is 0.412. The van der Waals surface area contributed by atoms with E-state index in [1.807, 2.05) is 12.3 Å². The van der Waals surface area contributed by atoms with Crippen LogP contribution in [-0.4, -0.2) is 4.98 Å². The Morgan fingerprint density at radius 3 is 2.89 bits per heavy atom. The van der Waals surface area contributed by atoms with Crippen LogP contribution in [0.4, 0.5) is 0 Å². The van der Waals surface area contributed by atoms with Gasteiger partial charge in [-0.05, 0) is 36.5 Å². The summed E-state index contributed by atoms with van der Waals surface area (Å²) in [4.78, 5) is 4.55. The Morgan fingerprint density at radius 2 is 2.00 bits per heavy atom. The van der Waals surface area contributed by atoms with Crippen molar-refractivity contribution in [2.24, 2.45) is 0 Å². The van der Waals surface area contributed by atoms with Crippen molar-refractivity contribution in [1.29, 1.82) is 0 Å². The number of hydrogen-bond donors (Lipinski definition) is 1. The zero-order valence-corrected chi connectivity index (χ0v) is 10.5. The van der Waals surface area contributed by atoms with Crippen molar-refractivity contribution in [1.82, 2.24) is 10.3 Å². The predicted molar refractivity (Wildman–Crippen MR) is 73.2 cm³/mol. The number of hydrogen-bond acceptors (Lipinski definition) is 2. The Labute approximate surface area is 108 Å². The van der Waals surface area contributed by atoms with Gasteiger partial charge in [0.1, 0.15) is 0 Å². The average molecular weight is 238 g/mol. The number of benzene rings is 1.